The zero-order valence-corrected chi connectivity index (χ0v) is 16.1. The van der Waals surface area contributed by atoms with E-state index in [0.29, 0.717) is 29.3 Å². The fourth-order valence-electron chi connectivity index (χ4n) is 3.34. The number of rotatable bonds is 2. The van der Waals surface area contributed by atoms with E-state index < -0.39 is 22.0 Å². The lowest BCUT2D eigenvalue weighted by Gasteiger charge is -2.31. The summed E-state index contributed by atoms with van der Waals surface area (Å²) in [4.78, 5) is 17.5. The number of sulfonamides is 1. The Hall–Kier alpha value is -1.91. The highest BCUT2D eigenvalue weighted by molar-refractivity contribution is 7.88. The molecule has 1 amide bonds. The van der Waals surface area contributed by atoms with Crippen molar-refractivity contribution in [3.63, 3.8) is 0 Å². The molecule has 2 aromatic rings. The van der Waals surface area contributed by atoms with Crippen molar-refractivity contribution in [1.82, 2.24) is 8.87 Å². The van der Waals surface area contributed by atoms with Crippen LogP contribution in [-0.4, -0.2) is 48.8 Å². The van der Waals surface area contributed by atoms with Crippen LogP contribution in [0, 0.1) is 0 Å². The fourth-order valence-corrected chi connectivity index (χ4v) is 5.49. The smallest absolute Gasteiger partial charge is 0.266 e. The van der Waals surface area contributed by atoms with E-state index in [2.05, 4.69) is 4.99 Å². The normalized spacial score (nSPS) is 21.5. The van der Waals surface area contributed by atoms with Gasteiger partial charge in [-0.3, -0.25) is 4.79 Å². The van der Waals surface area contributed by atoms with Gasteiger partial charge in [0, 0.05) is 25.7 Å². The molecule has 0 radical (unpaired) electrons. The van der Waals surface area contributed by atoms with Gasteiger partial charge in [0.15, 0.2) is 16.3 Å². The molecule has 1 saturated heterocycles. The fraction of sp³-hybridized carbons (Fsp3) is 0.500. The Bertz CT molecular complexity index is 1050. The van der Waals surface area contributed by atoms with Crippen LogP contribution in [0.4, 0.5) is 0 Å². The molecule has 0 bridgehead atoms. The molecule has 140 valence electrons. The van der Waals surface area contributed by atoms with Crippen LogP contribution in [0.3, 0.4) is 0 Å². The SMILES string of the molecule is Cn1c(=NC(=O)[C@@H]2CCCCN2S(C)(=O)=O)sc2cc3c(cc21)OCO3. The lowest BCUT2D eigenvalue weighted by molar-refractivity contribution is -0.122. The summed E-state index contributed by atoms with van der Waals surface area (Å²) in [6, 6.07) is 3.01. The summed E-state index contributed by atoms with van der Waals surface area (Å²) in [5.41, 5.74) is 0.884. The second kappa shape index (κ2) is 6.36. The summed E-state index contributed by atoms with van der Waals surface area (Å²) < 4.78 is 38.7. The highest BCUT2D eigenvalue weighted by Gasteiger charge is 2.34. The van der Waals surface area contributed by atoms with E-state index in [1.54, 1.807) is 0 Å². The highest BCUT2D eigenvalue weighted by Crippen LogP contribution is 2.36. The maximum atomic E-state index is 12.7. The molecule has 4 rings (SSSR count). The maximum absolute atomic E-state index is 12.7. The maximum Gasteiger partial charge on any atom is 0.266 e. The Morgan fingerprint density at radius 1 is 1.27 bits per heavy atom. The van der Waals surface area contributed by atoms with Crippen LogP contribution in [0.1, 0.15) is 19.3 Å². The number of nitrogens with zero attached hydrogens (tertiary/aromatic N) is 3. The number of ether oxygens (including phenoxy) is 2. The number of carbonyl (C=O) groups excluding carboxylic acids is 1. The van der Waals surface area contributed by atoms with Crippen LogP contribution in [0.5, 0.6) is 11.5 Å². The summed E-state index contributed by atoms with van der Waals surface area (Å²) in [7, 11) is -1.62. The van der Waals surface area contributed by atoms with E-state index in [0.717, 1.165) is 29.3 Å². The first-order chi connectivity index (χ1) is 12.3. The Morgan fingerprint density at radius 2 is 2.00 bits per heavy atom. The minimum absolute atomic E-state index is 0.203. The Balaban J connectivity index is 1.73. The third-order valence-corrected chi connectivity index (χ3v) is 7.06. The largest absolute Gasteiger partial charge is 0.454 e. The number of aryl methyl sites for hydroxylation is 1. The quantitative estimate of drug-likeness (QED) is 0.760. The second-order valence-electron chi connectivity index (χ2n) is 6.45. The van der Waals surface area contributed by atoms with E-state index in [4.69, 9.17) is 9.47 Å². The standard InChI is InChI=1S/C16H19N3O5S2/c1-18-11-7-12-13(24-9-23-12)8-14(11)25-16(18)17-15(20)10-5-3-4-6-19(10)26(2,21)22/h7-8,10H,3-6,9H2,1-2H3/t10-/m0/s1. The predicted molar refractivity (Wildman–Crippen MR) is 96.7 cm³/mol. The number of amides is 1. The molecule has 10 heteroatoms. The van der Waals surface area contributed by atoms with E-state index in [-0.39, 0.29) is 6.79 Å². The average molecular weight is 397 g/mol. The number of fused-ring (bicyclic) bond motifs is 2. The van der Waals surface area contributed by atoms with E-state index in [9.17, 15) is 13.2 Å². The molecule has 2 aliphatic rings. The summed E-state index contributed by atoms with van der Waals surface area (Å²) >= 11 is 1.36. The number of thiazole rings is 1. The molecular formula is C16H19N3O5S2. The molecule has 2 aliphatic heterocycles. The van der Waals surface area contributed by atoms with Crippen molar-refractivity contribution in [3.05, 3.63) is 16.9 Å². The minimum atomic E-state index is -3.44. The van der Waals surface area contributed by atoms with Crippen molar-refractivity contribution >= 4 is 37.5 Å². The van der Waals surface area contributed by atoms with E-state index in [1.165, 1.54) is 15.6 Å². The third-order valence-electron chi connectivity index (χ3n) is 4.67. The summed E-state index contributed by atoms with van der Waals surface area (Å²) in [5, 5.41) is 0. The molecule has 8 nitrogen and oxygen atoms in total. The van der Waals surface area contributed by atoms with E-state index in [1.807, 2.05) is 23.7 Å². The lowest BCUT2D eigenvalue weighted by Crippen LogP contribution is -2.47. The predicted octanol–water partition coefficient (Wildman–Crippen LogP) is 1.21. The van der Waals surface area contributed by atoms with Crippen molar-refractivity contribution in [2.45, 2.75) is 25.3 Å². The molecule has 1 atom stereocenters. The molecule has 0 spiro atoms. The number of piperidine rings is 1. The van der Waals surface area contributed by atoms with Gasteiger partial charge in [-0.15, -0.1) is 0 Å². The van der Waals surface area contributed by atoms with Crippen molar-refractivity contribution in [3.8, 4) is 11.5 Å². The van der Waals surface area contributed by atoms with Crippen molar-refractivity contribution in [2.75, 3.05) is 19.6 Å². The molecule has 0 aliphatic carbocycles. The Morgan fingerprint density at radius 3 is 2.73 bits per heavy atom. The Kier molecular flexibility index (Phi) is 4.28. The molecule has 0 saturated carbocycles. The monoisotopic (exact) mass is 397 g/mol. The van der Waals surface area contributed by atoms with Gasteiger partial charge in [0.1, 0.15) is 6.04 Å². The molecule has 1 fully saturated rings. The number of hydrogen-bond donors (Lipinski definition) is 0. The molecular weight excluding hydrogens is 378 g/mol. The highest BCUT2D eigenvalue weighted by atomic mass is 32.2. The molecule has 3 heterocycles. The number of hydrogen-bond acceptors (Lipinski definition) is 6. The molecule has 0 N–H and O–H groups in total. The molecule has 0 unspecified atom stereocenters. The van der Waals surface area contributed by atoms with Crippen molar-refractivity contribution in [1.29, 1.82) is 0 Å². The number of carbonyl (C=O) groups is 1. The van der Waals surface area contributed by atoms with Crippen LogP contribution < -0.4 is 14.3 Å². The van der Waals surface area contributed by atoms with Crippen LogP contribution in [-0.2, 0) is 21.9 Å². The second-order valence-corrected chi connectivity index (χ2v) is 9.40. The van der Waals surface area contributed by atoms with Gasteiger partial charge in [0.25, 0.3) is 5.91 Å². The van der Waals surface area contributed by atoms with Gasteiger partial charge in [-0.1, -0.05) is 17.8 Å². The van der Waals surface area contributed by atoms with Crippen molar-refractivity contribution < 1.29 is 22.7 Å². The van der Waals surface area contributed by atoms with Gasteiger partial charge in [0.05, 0.1) is 16.5 Å². The third kappa shape index (κ3) is 3.01. The van der Waals surface area contributed by atoms with Crippen LogP contribution >= 0.6 is 11.3 Å². The van der Waals surface area contributed by atoms with Crippen LogP contribution in [0.2, 0.25) is 0 Å². The Labute approximate surface area is 154 Å². The summed E-state index contributed by atoms with van der Waals surface area (Å²) in [5.74, 6) is 0.921. The van der Waals surface area contributed by atoms with Gasteiger partial charge in [-0.05, 0) is 12.8 Å². The van der Waals surface area contributed by atoms with Gasteiger partial charge < -0.3 is 14.0 Å². The first kappa shape index (κ1) is 17.5. The van der Waals surface area contributed by atoms with E-state index >= 15 is 0 Å². The first-order valence-corrected chi connectivity index (χ1v) is 11.0. The van der Waals surface area contributed by atoms with Gasteiger partial charge in [-0.2, -0.15) is 9.30 Å². The first-order valence-electron chi connectivity index (χ1n) is 8.29. The number of benzene rings is 1. The minimum Gasteiger partial charge on any atom is -0.454 e. The van der Waals surface area contributed by atoms with Gasteiger partial charge >= 0.3 is 0 Å². The van der Waals surface area contributed by atoms with Crippen molar-refractivity contribution in [2.24, 2.45) is 12.0 Å². The molecule has 26 heavy (non-hydrogen) atoms. The summed E-state index contributed by atoms with van der Waals surface area (Å²) in [6.07, 6.45) is 3.22. The lowest BCUT2D eigenvalue weighted by atomic mass is 10.0. The van der Waals surface area contributed by atoms with Crippen LogP contribution in [0.15, 0.2) is 17.1 Å². The topological polar surface area (TPSA) is 90.2 Å². The zero-order chi connectivity index (χ0) is 18.5. The van der Waals surface area contributed by atoms with Gasteiger partial charge in [0.2, 0.25) is 16.8 Å². The average Bonchev–Trinajstić information content (AvgIpc) is 3.17. The van der Waals surface area contributed by atoms with Crippen LogP contribution in [0.25, 0.3) is 10.2 Å². The van der Waals surface area contributed by atoms with Gasteiger partial charge in [-0.25, -0.2) is 8.42 Å². The molecule has 1 aromatic heterocycles. The molecule has 1 aromatic carbocycles. The summed E-state index contributed by atoms with van der Waals surface area (Å²) in [6.45, 7) is 0.569. The number of aromatic nitrogens is 1. The zero-order valence-electron chi connectivity index (χ0n) is 14.5.